The third-order valence-corrected chi connectivity index (χ3v) is 3.03. The van der Waals surface area contributed by atoms with Crippen LogP contribution in [0.4, 0.5) is 8.78 Å². The molecule has 2 atom stereocenters. The predicted octanol–water partition coefficient (Wildman–Crippen LogP) is 1.79. The van der Waals surface area contributed by atoms with E-state index in [1.807, 2.05) is 0 Å². The molecule has 1 amide bonds. The highest BCUT2D eigenvalue weighted by molar-refractivity contribution is 5.85. The number of amides is 1. The molecule has 0 saturated heterocycles. The molecule has 0 aromatic rings. The van der Waals surface area contributed by atoms with E-state index >= 15 is 0 Å². The zero-order valence-corrected chi connectivity index (χ0v) is 9.71. The van der Waals surface area contributed by atoms with Crippen molar-refractivity contribution in [3.63, 3.8) is 0 Å². The molecule has 0 aromatic heterocycles. The molecule has 1 saturated carbocycles. The van der Waals surface area contributed by atoms with Crippen LogP contribution in [0.1, 0.15) is 39.0 Å². The first-order valence-corrected chi connectivity index (χ1v) is 5.76. The average molecular weight is 249 g/mol. The second-order valence-electron chi connectivity index (χ2n) is 4.46. The minimum absolute atomic E-state index is 0.188. The first-order valence-electron chi connectivity index (χ1n) is 5.76. The van der Waals surface area contributed by atoms with E-state index < -0.39 is 36.2 Å². The quantitative estimate of drug-likeness (QED) is 0.798. The molecule has 1 rings (SSSR count). The molecule has 0 aliphatic heterocycles. The maximum Gasteiger partial charge on any atom is 0.326 e. The minimum atomic E-state index is -2.80. The molecule has 0 aromatic carbocycles. The molecular weight excluding hydrogens is 232 g/mol. The van der Waals surface area contributed by atoms with Gasteiger partial charge in [0, 0.05) is 18.8 Å². The number of rotatable bonds is 4. The minimum Gasteiger partial charge on any atom is -0.480 e. The van der Waals surface area contributed by atoms with Crippen molar-refractivity contribution in [1.29, 1.82) is 0 Å². The number of aliphatic carboxylic acids is 1. The van der Waals surface area contributed by atoms with E-state index in [9.17, 15) is 18.4 Å². The van der Waals surface area contributed by atoms with Crippen LogP contribution in [-0.4, -0.2) is 28.9 Å². The Hall–Kier alpha value is -1.20. The summed E-state index contributed by atoms with van der Waals surface area (Å²) >= 11 is 0. The van der Waals surface area contributed by atoms with E-state index in [1.165, 1.54) is 0 Å². The van der Waals surface area contributed by atoms with Gasteiger partial charge in [-0.1, -0.05) is 6.92 Å². The Kier molecular flexibility index (Phi) is 4.42. The summed E-state index contributed by atoms with van der Waals surface area (Å²) in [4.78, 5) is 22.4. The van der Waals surface area contributed by atoms with Crippen LogP contribution in [0.5, 0.6) is 0 Å². The molecule has 2 N–H and O–H groups in total. The van der Waals surface area contributed by atoms with E-state index in [0.29, 0.717) is 12.8 Å². The van der Waals surface area contributed by atoms with Crippen LogP contribution in [-0.2, 0) is 9.59 Å². The van der Waals surface area contributed by atoms with Crippen molar-refractivity contribution in [3.8, 4) is 0 Å². The molecular formula is C11H17F2NO3. The van der Waals surface area contributed by atoms with Crippen molar-refractivity contribution in [2.24, 2.45) is 5.92 Å². The molecule has 1 aliphatic rings. The standard InChI is InChI=1S/C11H17F2NO3/c1-2-8(10(16)17)14-9(15)7-4-3-5-11(12,13)6-7/h7-8H,2-6H2,1H3,(H,14,15)(H,16,17). The highest BCUT2D eigenvalue weighted by Gasteiger charge is 2.39. The Morgan fingerprint density at radius 1 is 1.53 bits per heavy atom. The summed E-state index contributed by atoms with van der Waals surface area (Å²) in [7, 11) is 0. The van der Waals surface area contributed by atoms with Crippen molar-refractivity contribution in [3.05, 3.63) is 0 Å². The second kappa shape index (κ2) is 5.42. The van der Waals surface area contributed by atoms with Crippen molar-refractivity contribution in [2.75, 3.05) is 0 Å². The van der Waals surface area contributed by atoms with Gasteiger partial charge in [0.15, 0.2) is 0 Å². The summed E-state index contributed by atoms with van der Waals surface area (Å²) in [5.41, 5.74) is 0. The van der Waals surface area contributed by atoms with Crippen LogP contribution < -0.4 is 5.32 Å². The SMILES string of the molecule is CCC(NC(=O)C1CCCC(F)(F)C1)C(=O)O. The van der Waals surface area contributed by atoms with E-state index in [1.54, 1.807) is 6.92 Å². The molecule has 0 spiro atoms. The highest BCUT2D eigenvalue weighted by Crippen LogP contribution is 2.36. The van der Waals surface area contributed by atoms with Crippen LogP contribution in [0.2, 0.25) is 0 Å². The lowest BCUT2D eigenvalue weighted by atomic mass is 9.86. The van der Waals surface area contributed by atoms with Crippen LogP contribution in [0, 0.1) is 5.92 Å². The Morgan fingerprint density at radius 2 is 2.18 bits per heavy atom. The number of nitrogens with one attached hydrogen (secondary N) is 1. The third-order valence-electron chi connectivity index (χ3n) is 3.03. The number of hydrogen-bond acceptors (Lipinski definition) is 2. The summed E-state index contributed by atoms with van der Waals surface area (Å²) in [6.45, 7) is 1.62. The van der Waals surface area contributed by atoms with Crippen LogP contribution in [0.25, 0.3) is 0 Å². The van der Waals surface area contributed by atoms with Crippen LogP contribution in [0.3, 0.4) is 0 Å². The molecule has 2 unspecified atom stereocenters. The Labute approximate surface area is 98.4 Å². The third kappa shape index (κ3) is 3.94. The maximum absolute atomic E-state index is 13.1. The van der Waals surface area contributed by atoms with Gasteiger partial charge in [-0.05, 0) is 19.3 Å². The summed E-state index contributed by atoms with van der Waals surface area (Å²) in [5.74, 6) is -5.28. The fourth-order valence-electron chi connectivity index (χ4n) is 2.02. The van der Waals surface area contributed by atoms with E-state index in [0.717, 1.165) is 0 Å². The van der Waals surface area contributed by atoms with Crippen molar-refractivity contribution < 1.29 is 23.5 Å². The van der Waals surface area contributed by atoms with Gasteiger partial charge < -0.3 is 10.4 Å². The number of carboxylic acid groups (broad SMARTS) is 1. The largest absolute Gasteiger partial charge is 0.480 e. The van der Waals surface area contributed by atoms with Crippen molar-refractivity contribution in [1.82, 2.24) is 5.32 Å². The van der Waals surface area contributed by atoms with Gasteiger partial charge in [0.1, 0.15) is 6.04 Å². The lowest BCUT2D eigenvalue weighted by molar-refractivity contribution is -0.144. The molecule has 98 valence electrons. The summed E-state index contributed by atoms with van der Waals surface area (Å²) in [6, 6.07) is -0.988. The zero-order chi connectivity index (χ0) is 13.1. The molecule has 1 aliphatic carbocycles. The van der Waals surface area contributed by atoms with Gasteiger partial charge >= 0.3 is 5.97 Å². The average Bonchev–Trinajstić information content (AvgIpc) is 2.23. The van der Waals surface area contributed by atoms with Crippen LogP contribution >= 0.6 is 0 Å². The second-order valence-corrected chi connectivity index (χ2v) is 4.46. The maximum atomic E-state index is 13.1. The van der Waals surface area contributed by atoms with Crippen LogP contribution in [0.15, 0.2) is 0 Å². The van der Waals surface area contributed by atoms with E-state index in [2.05, 4.69) is 5.32 Å². The van der Waals surface area contributed by atoms with Gasteiger partial charge in [0.05, 0.1) is 0 Å². The van der Waals surface area contributed by atoms with E-state index in [-0.39, 0.29) is 12.8 Å². The normalized spacial score (nSPS) is 25.0. The monoisotopic (exact) mass is 249 g/mol. The molecule has 6 heteroatoms. The van der Waals surface area contributed by atoms with Gasteiger partial charge in [-0.2, -0.15) is 0 Å². The summed E-state index contributed by atoms with van der Waals surface area (Å²) < 4.78 is 26.2. The number of hydrogen-bond donors (Lipinski definition) is 2. The lowest BCUT2D eigenvalue weighted by Crippen LogP contribution is -2.45. The number of carbonyl (C=O) groups is 2. The molecule has 0 radical (unpaired) electrons. The fourth-order valence-corrected chi connectivity index (χ4v) is 2.02. The summed E-state index contributed by atoms with van der Waals surface area (Å²) in [5, 5.41) is 11.1. The van der Waals surface area contributed by atoms with Gasteiger partial charge in [0.25, 0.3) is 0 Å². The number of carboxylic acids is 1. The molecule has 17 heavy (non-hydrogen) atoms. The smallest absolute Gasteiger partial charge is 0.326 e. The lowest BCUT2D eigenvalue weighted by Gasteiger charge is -2.28. The van der Waals surface area contributed by atoms with Crippen molar-refractivity contribution >= 4 is 11.9 Å². The topological polar surface area (TPSA) is 66.4 Å². The highest BCUT2D eigenvalue weighted by atomic mass is 19.3. The Morgan fingerprint density at radius 3 is 2.65 bits per heavy atom. The van der Waals surface area contributed by atoms with Gasteiger partial charge in [0.2, 0.25) is 11.8 Å². The molecule has 4 nitrogen and oxygen atoms in total. The molecule has 0 heterocycles. The summed E-state index contributed by atoms with van der Waals surface area (Å²) in [6.07, 6.45) is 0.276. The number of carbonyl (C=O) groups excluding carboxylic acids is 1. The number of halogens is 2. The zero-order valence-electron chi connectivity index (χ0n) is 9.71. The number of alkyl halides is 2. The first-order chi connectivity index (χ1) is 7.85. The first kappa shape index (κ1) is 13.9. The Bertz CT molecular complexity index is 307. The molecule has 1 fully saturated rings. The van der Waals surface area contributed by atoms with Crippen molar-refractivity contribution in [2.45, 2.75) is 51.0 Å². The van der Waals surface area contributed by atoms with E-state index in [4.69, 9.17) is 5.11 Å². The van der Waals surface area contributed by atoms with Gasteiger partial charge in [-0.3, -0.25) is 4.79 Å². The predicted molar refractivity (Wildman–Crippen MR) is 56.8 cm³/mol. The fraction of sp³-hybridized carbons (Fsp3) is 0.818. The van der Waals surface area contributed by atoms with Gasteiger partial charge in [-0.25, -0.2) is 13.6 Å². The Balaban J connectivity index is 2.55. The van der Waals surface area contributed by atoms with Gasteiger partial charge in [-0.15, -0.1) is 0 Å². The molecule has 0 bridgehead atoms.